The van der Waals surface area contributed by atoms with E-state index in [1.54, 1.807) is 24.3 Å². The SMILES string of the molecule is C[C@H](OC(=O)c1ccc(N)cc1)c1ccc2c3c(cccc13)CC2. The lowest BCUT2D eigenvalue weighted by Crippen LogP contribution is -2.09. The van der Waals surface area contributed by atoms with Crippen LogP contribution in [0.5, 0.6) is 0 Å². The first-order chi connectivity index (χ1) is 11.6. The highest BCUT2D eigenvalue weighted by Gasteiger charge is 2.20. The molecule has 0 aliphatic heterocycles. The van der Waals surface area contributed by atoms with Crippen molar-refractivity contribution < 1.29 is 9.53 Å². The summed E-state index contributed by atoms with van der Waals surface area (Å²) in [5.41, 5.74) is 10.6. The summed E-state index contributed by atoms with van der Waals surface area (Å²) >= 11 is 0. The molecule has 3 aromatic rings. The third-order valence-electron chi connectivity index (χ3n) is 4.78. The Morgan fingerprint density at radius 3 is 2.46 bits per heavy atom. The van der Waals surface area contributed by atoms with Gasteiger partial charge in [0.25, 0.3) is 0 Å². The summed E-state index contributed by atoms with van der Waals surface area (Å²) in [7, 11) is 0. The third-order valence-corrected chi connectivity index (χ3v) is 4.78. The van der Waals surface area contributed by atoms with Gasteiger partial charge in [0.05, 0.1) is 5.56 Å². The second kappa shape index (κ2) is 5.68. The second-order valence-electron chi connectivity index (χ2n) is 6.32. The molecule has 0 saturated heterocycles. The monoisotopic (exact) mass is 317 g/mol. The molecule has 0 saturated carbocycles. The number of aryl methyl sites for hydroxylation is 2. The number of hydrogen-bond donors (Lipinski definition) is 1. The molecule has 0 bridgehead atoms. The topological polar surface area (TPSA) is 52.3 Å². The van der Waals surface area contributed by atoms with Crippen molar-refractivity contribution >= 4 is 22.4 Å². The van der Waals surface area contributed by atoms with Crippen molar-refractivity contribution in [1.29, 1.82) is 0 Å². The van der Waals surface area contributed by atoms with Gasteiger partial charge in [-0.1, -0.05) is 30.3 Å². The van der Waals surface area contributed by atoms with E-state index >= 15 is 0 Å². The number of carbonyl (C=O) groups is 1. The summed E-state index contributed by atoms with van der Waals surface area (Å²) < 4.78 is 5.69. The van der Waals surface area contributed by atoms with Gasteiger partial charge in [-0.05, 0) is 65.9 Å². The van der Waals surface area contributed by atoms with Crippen LogP contribution in [-0.2, 0) is 17.6 Å². The largest absolute Gasteiger partial charge is 0.454 e. The highest BCUT2D eigenvalue weighted by molar-refractivity contribution is 5.94. The third kappa shape index (κ3) is 2.42. The molecule has 120 valence electrons. The first-order valence-corrected chi connectivity index (χ1v) is 8.23. The fraction of sp³-hybridized carbons (Fsp3) is 0.190. The summed E-state index contributed by atoms with van der Waals surface area (Å²) in [5, 5.41) is 2.53. The average molecular weight is 317 g/mol. The Morgan fingerprint density at radius 2 is 1.71 bits per heavy atom. The molecule has 0 spiro atoms. The summed E-state index contributed by atoms with van der Waals surface area (Å²) in [6.45, 7) is 1.92. The van der Waals surface area contributed by atoms with E-state index in [-0.39, 0.29) is 12.1 Å². The molecule has 0 unspecified atom stereocenters. The number of carbonyl (C=O) groups excluding carboxylic acids is 1. The molecule has 1 aliphatic carbocycles. The fourth-order valence-corrected chi connectivity index (χ4v) is 3.54. The van der Waals surface area contributed by atoms with E-state index in [0.29, 0.717) is 11.3 Å². The number of esters is 1. The second-order valence-corrected chi connectivity index (χ2v) is 6.32. The number of nitrogens with two attached hydrogens (primary N) is 1. The molecule has 1 atom stereocenters. The first kappa shape index (κ1) is 14.8. The standard InChI is InChI=1S/C21H19NO2/c1-13(24-21(23)16-7-10-17(22)11-8-16)18-12-9-15-6-5-14-3-2-4-19(18)20(14)15/h2-4,7-13H,5-6,22H2,1H3/t13-/m0/s1. The Kier molecular flexibility index (Phi) is 3.49. The highest BCUT2D eigenvalue weighted by Crippen LogP contribution is 2.35. The predicted molar refractivity (Wildman–Crippen MR) is 96.0 cm³/mol. The first-order valence-electron chi connectivity index (χ1n) is 8.23. The number of anilines is 1. The van der Waals surface area contributed by atoms with E-state index in [4.69, 9.17) is 10.5 Å². The fourth-order valence-electron chi connectivity index (χ4n) is 3.54. The van der Waals surface area contributed by atoms with Crippen LogP contribution in [0.3, 0.4) is 0 Å². The maximum atomic E-state index is 12.4. The molecule has 0 heterocycles. The van der Waals surface area contributed by atoms with Gasteiger partial charge in [0.2, 0.25) is 0 Å². The molecule has 3 nitrogen and oxygen atoms in total. The molecular formula is C21H19NO2. The number of hydrogen-bond acceptors (Lipinski definition) is 3. The van der Waals surface area contributed by atoms with E-state index in [1.807, 2.05) is 6.92 Å². The Bertz CT molecular complexity index is 918. The minimum Gasteiger partial charge on any atom is -0.454 e. The van der Waals surface area contributed by atoms with E-state index in [0.717, 1.165) is 18.4 Å². The molecule has 0 aromatic heterocycles. The van der Waals surface area contributed by atoms with Crippen molar-refractivity contribution in [3.05, 3.63) is 76.9 Å². The maximum absolute atomic E-state index is 12.4. The van der Waals surface area contributed by atoms with Crippen LogP contribution < -0.4 is 5.73 Å². The van der Waals surface area contributed by atoms with Crippen LogP contribution in [0.4, 0.5) is 5.69 Å². The van der Waals surface area contributed by atoms with Crippen LogP contribution in [0.2, 0.25) is 0 Å². The average Bonchev–Trinajstić information content (AvgIpc) is 3.01. The normalized spacial score (nSPS) is 13.9. The zero-order valence-corrected chi connectivity index (χ0v) is 13.6. The Labute approximate surface area is 141 Å². The van der Waals surface area contributed by atoms with Gasteiger partial charge in [0.1, 0.15) is 6.10 Å². The zero-order valence-electron chi connectivity index (χ0n) is 13.6. The predicted octanol–water partition coefficient (Wildman–Crippen LogP) is 4.44. The molecule has 2 N–H and O–H groups in total. The van der Waals surface area contributed by atoms with Crippen LogP contribution in [0, 0.1) is 0 Å². The van der Waals surface area contributed by atoms with Crippen LogP contribution in [0.25, 0.3) is 10.8 Å². The molecule has 3 heteroatoms. The lowest BCUT2D eigenvalue weighted by molar-refractivity contribution is 0.0341. The summed E-state index contributed by atoms with van der Waals surface area (Å²) in [6.07, 6.45) is 1.88. The molecule has 24 heavy (non-hydrogen) atoms. The zero-order chi connectivity index (χ0) is 16.7. The Hall–Kier alpha value is -2.81. The van der Waals surface area contributed by atoms with Crippen molar-refractivity contribution in [2.75, 3.05) is 5.73 Å². The number of nitrogen functional groups attached to an aromatic ring is 1. The van der Waals surface area contributed by atoms with Gasteiger partial charge in [-0.25, -0.2) is 4.79 Å². The van der Waals surface area contributed by atoms with Crippen molar-refractivity contribution in [1.82, 2.24) is 0 Å². The lowest BCUT2D eigenvalue weighted by Gasteiger charge is -2.17. The molecule has 3 aromatic carbocycles. The van der Waals surface area contributed by atoms with Crippen molar-refractivity contribution in [2.24, 2.45) is 0 Å². The molecule has 0 fully saturated rings. The smallest absolute Gasteiger partial charge is 0.338 e. The van der Waals surface area contributed by atoms with Crippen LogP contribution in [-0.4, -0.2) is 5.97 Å². The van der Waals surface area contributed by atoms with E-state index in [1.165, 1.54) is 21.9 Å². The Balaban J connectivity index is 1.66. The number of ether oxygens (including phenoxy) is 1. The van der Waals surface area contributed by atoms with Gasteiger partial charge >= 0.3 is 5.97 Å². The van der Waals surface area contributed by atoms with Gasteiger partial charge in [-0.2, -0.15) is 0 Å². The van der Waals surface area contributed by atoms with Gasteiger partial charge in [-0.3, -0.25) is 0 Å². The minimum atomic E-state index is -0.328. The Morgan fingerprint density at radius 1 is 1.00 bits per heavy atom. The summed E-state index contributed by atoms with van der Waals surface area (Å²) in [4.78, 5) is 12.4. The van der Waals surface area contributed by atoms with Gasteiger partial charge < -0.3 is 10.5 Å². The van der Waals surface area contributed by atoms with Crippen LogP contribution >= 0.6 is 0 Å². The van der Waals surface area contributed by atoms with Crippen LogP contribution in [0.1, 0.15) is 40.1 Å². The molecule has 0 amide bonds. The summed E-state index contributed by atoms with van der Waals surface area (Å²) in [6, 6.07) is 17.5. The molecule has 0 radical (unpaired) electrons. The lowest BCUT2D eigenvalue weighted by atomic mass is 9.97. The van der Waals surface area contributed by atoms with Gasteiger partial charge in [0.15, 0.2) is 0 Å². The molecule has 1 aliphatic rings. The maximum Gasteiger partial charge on any atom is 0.338 e. The number of rotatable bonds is 3. The quantitative estimate of drug-likeness (QED) is 0.574. The minimum absolute atomic E-state index is 0.306. The van der Waals surface area contributed by atoms with Gasteiger partial charge in [0, 0.05) is 11.3 Å². The number of benzene rings is 3. The van der Waals surface area contributed by atoms with Crippen LogP contribution in [0.15, 0.2) is 54.6 Å². The van der Waals surface area contributed by atoms with E-state index in [9.17, 15) is 4.79 Å². The van der Waals surface area contributed by atoms with Crippen molar-refractivity contribution in [3.63, 3.8) is 0 Å². The van der Waals surface area contributed by atoms with E-state index < -0.39 is 0 Å². The van der Waals surface area contributed by atoms with Gasteiger partial charge in [-0.15, -0.1) is 0 Å². The molecular weight excluding hydrogens is 298 g/mol. The highest BCUT2D eigenvalue weighted by atomic mass is 16.5. The van der Waals surface area contributed by atoms with E-state index in [2.05, 4.69) is 30.3 Å². The molecule has 4 rings (SSSR count). The van der Waals surface area contributed by atoms with Crippen molar-refractivity contribution in [3.8, 4) is 0 Å². The van der Waals surface area contributed by atoms with Crippen molar-refractivity contribution in [2.45, 2.75) is 25.9 Å². The summed E-state index contributed by atoms with van der Waals surface area (Å²) in [5.74, 6) is -0.328.